The number of azide groups is 1. The number of ether oxygens (including phenoxy) is 1. The second kappa shape index (κ2) is 10.6. The lowest BCUT2D eigenvalue weighted by atomic mass is 10.1. The monoisotopic (exact) mass is 290 g/mol. The van der Waals surface area contributed by atoms with Gasteiger partial charge in [0, 0.05) is 17.5 Å². The maximum Gasteiger partial charge on any atom is 0.407 e. The van der Waals surface area contributed by atoms with Crippen molar-refractivity contribution < 1.29 is 9.53 Å². The molecule has 0 aliphatic carbocycles. The van der Waals surface area contributed by atoms with Gasteiger partial charge in [0.2, 0.25) is 0 Å². The molecule has 1 atom stereocenters. The molecule has 1 amide bonds. The number of unbranched alkanes of at least 4 members (excludes halogenated alkanes) is 2. The first kappa shape index (κ1) is 16.9. The zero-order chi connectivity index (χ0) is 15.3. The first-order valence-corrected chi connectivity index (χ1v) is 7.24. The third kappa shape index (κ3) is 7.84. The number of nitrogens with one attached hydrogen (secondary N) is 1. The van der Waals surface area contributed by atoms with Crippen molar-refractivity contribution in [2.75, 3.05) is 6.54 Å². The summed E-state index contributed by atoms with van der Waals surface area (Å²) in [4.78, 5) is 14.5. The number of alkyl carbamates (subject to hydrolysis) is 1. The number of rotatable bonds is 9. The molecule has 0 saturated carbocycles. The minimum Gasteiger partial charge on any atom is -0.445 e. The third-order valence-electron chi connectivity index (χ3n) is 3.06. The molecule has 1 rings (SSSR count). The van der Waals surface area contributed by atoms with Crippen molar-refractivity contribution >= 4 is 6.09 Å². The summed E-state index contributed by atoms with van der Waals surface area (Å²) in [5, 5.41) is 6.29. The largest absolute Gasteiger partial charge is 0.445 e. The van der Waals surface area contributed by atoms with Gasteiger partial charge in [0.25, 0.3) is 0 Å². The van der Waals surface area contributed by atoms with Crippen LogP contribution in [0.5, 0.6) is 0 Å². The molecule has 1 N–H and O–H groups in total. The van der Waals surface area contributed by atoms with Gasteiger partial charge in [-0.05, 0) is 17.5 Å². The minimum absolute atomic E-state index is 0.171. The van der Waals surface area contributed by atoms with Crippen molar-refractivity contribution in [3.05, 3.63) is 46.3 Å². The second-order valence-electron chi connectivity index (χ2n) is 4.81. The number of nitrogens with zero attached hydrogens (tertiary/aromatic N) is 3. The van der Waals surface area contributed by atoms with Gasteiger partial charge in [0.15, 0.2) is 0 Å². The van der Waals surface area contributed by atoms with Crippen LogP contribution in [0.2, 0.25) is 0 Å². The van der Waals surface area contributed by atoms with Gasteiger partial charge < -0.3 is 10.1 Å². The van der Waals surface area contributed by atoms with E-state index < -0.39 is 6.09 Å². The van der Waals surface area contributed by atoms with Gasteiger partial charge in [-0.1, -0.05) is 61.6 Å². The molecular weight excluding hydrogens is 268 g/mol. The summed E-state index contributed by atoms with van der Waals surface area (Å²) in [6.07, 6.45) is 3.49. The predicted molar refractivity (Wildman–Crippen MR) is 81.7 cm³/mol. The fourth-order valence-corrected chi connectivity index (χ4v) is 1.92. The molecule has 0 unspecified atom stereocenters. The predicted octanol–water partition coefficient (Wildman–Crippen LogP) is 4.17. The quantitative estimate of drug-likeness (QED) is 0.320. The fourth-order valence-electron chi connectivity index (χ4n) is 1.92. The third-order valence-corrected chi connectivity index (χ3v) is 3.06. The molecule has 0 aromatic heterocycles. The highest BCUT2D eigenvalue weighted by Crippen LogP contribution is 2.05. The summed E-state index contributed by atoms with van der Waals surface area (Å²) in [7, 11) is 0. The molecule has 0 fully saturated rings. The van der Waals surface area contributed by atoms with Gasteiger partial charge in [-0.25, -0.2) is 4.79 Å². The van der Waals surface area contributed by atoms with Gasteiger partial charge in [-0.2, -0.15) is 0 Å². The topological polar surface area (TPSA) is 87.1 Å². The summed E-state index contributed by atoms with van der Waals surface area (Å²) in [6.45, 7) is 2.60. The number of hydrogen-bond acceptors (Lipinski definition) is 3. The average molecular weight is 290 g/mol. The standard InChI is InChI=1S/C15H22N4O2/c1-2-3-5-10-14(11-17-19-16)18-15(20)21-12-13-8-6-4-7-9-13/h4,6-9,14H,2-3,5,10-12H2,1H3,(H,18,20)/t14-/m0/s1. The van der Waals surface area contributed by atoms with E-state index in [1.165, 1.54) is 0 Å². The van der Waals surface area contributed by atoms with Crippen molar-refractivity contribution in [2.24, 2.45) is 5.11 Å². The first-order chi connectivity index (χ1) is 10.3. The lowest BCUT2D eigenvalue weighted by Crippen LogP contribution is -2.37. The van der Waals surface area contributed by atoms with E-state index >= 15 is 0 Å². The molecule has 0 bridgehead atoms. The molecule has 0 heterocycles. The highest BCUT2D eigenvalue weighted by molar-refractivity contribution is 5.67. The lowest BCUT2D eigenvalue weighted by Gasteiger charge is -2.16. The van der Waals surface area contributed by atoms with Crippen molar-refractivity contribution in [3.63, 3.8) is 0 Å². The van der Waals surface area contributed by atoms with Crippen LogP contribution in [0.25, 0.3) is 10.4 Å². The molecule has 0 saturated heterocycles. The zero-order valence-electron chi connectivity index (χ0n) is 12.4. The van der Waals surface area contributed by atoms with Crippen LogP contribution in [0.1, 0.15) is 38.2 Å². The van der Waals surface area contributed by atoms with Gasteiger partial charge in [-0.15, -0.1) is 0 Å². The Kier molecular flexibility index (Phi) is 8.48. The van der Waals surface area contributed by atoms with E-state index in [0.717, 1.165) is 31.2 Å². The van der Waals surface area contributed by atoms with Crippen LogP contribution >= 0.6 is 0 Å². The van der Waals surface area contributed by atoms with E-state index in [1.807, 2.05) is 30.3 Å². The lowest BCUT2D eigenvalue weighted by molar-refractivity contribution is 0.135. The molecule has 6 nitrogen and oxygen atoms in total. The van der Waals surface area contributed by atoms with Crippen LogP contribution in [-0.2, 0) is 11.3 Å². The molecule has 0 spiro atoms. The highest BCUT2D eigenvalue weighted by Gasteiger charge is 2.12. The molecule has 0 radical (unpaired) electrons. The molecule has 114 valence electrons. The number of hydrogen-bond donors (Lipinski definition) is 1. The van der Waals surface area contributed by atoms with E-state index in [0.29, 0.717) is 0 Å². The van der Waals surface area contributed by atoms with Crippen LogP contribution in [0.15, 0.2) is 35.4 Å². The summed E-state index contributed by atoms with van der Waals surface area (Å²) in [5.41, 5.74) is 9.32. The SMILES string of the molecule is CCCCC[C@@H](CN=[N+]=[N-])NC(=O)OCc1ccccc1. The van der Waals surface area contributed by atoms with Crippen molar-refractivity contribution in [1.82, 2.24) is 5.32 Å². The van der Waals surface area contributed by atoms with Gasteiger partial charge in [0.05, 0.1) is 0 Å². The van der Waals surface area contributed by atoms with E-state index in [-0.39, 0.29) is 19.2 Å². The second-order valence-corrected chi connectivity index (χ2v) is 4.81. The van der Waals surface area contributed by atoms with Crippen LogP contribution in [0.4, 0.5) is 4.79 Å². The Balaban J connectivity index is 2.37. The molecule has 1 aromatic rings. The maximum atomic E-state index is 11.8. The fraction of sp³-hybridized carbons (Fsp3) is 0.533. The van der Waals surface area contributed by atoms with Crippen LogP contribution in [0.3, 0.4) is 0 Å². The highest BCUT2D eigenvalue weighted by atomic mass is 16.5. The Morgan fingerprint density at radius 3 is 2.81 bits per heavy atom. The number of benzene rings is 1. The molecule has 0 aliphatic heterocycles. The number of carbonyl (C=O) groups excluding carboxylic acids is 1. The summed E-state index contributed by atoms with van der Waals surface area (Å²) >= 11 is 0. The minimum atomic E-state index is -0.478. The maximum absolute atomic E-state index is 11.8. The Morgan fingerprint density at radius 1 is 1.38 bits per heavy atom. The molecule has 1 aromatic carbocycles. The molecule has 6 heteroatoms. The van der Waals surface area contributed by atoms with Crippen LogP contribution in [-0.4, -0.2) is 18.7 Å². The Bertz CT molecular complexity index is 458. The van der Waals surface area contributed by atoms with Gasteiger partial charge in [0.1, 0.15) is 6.61 Å². The Hall–Kier alpha value is -2.20. The first-order valence-electron chi connectivity index (χ1n) is 7.24. The Morgan fingerprint density at radius 2 is 2.14 bits per heavy atom. The molecule has 21 heavy (non-hydrogen) atoms. The summed E-state index contributed by atoms with van der Waals surface area (Å²) in [5.74, 6) is 0. The zero-order valence-corrected chi connectivity index (χ0v) is 12.4. The summed E-state index contributed by atoms with van der Waals surface area (Å²) in [6, 6.07) is 9.32. The van der Waals surface area contributed by atoms with Crippen molar-refractivity contribution in [2.45, 2.75) is 45.3 Å². The van der Waals surface area contributed by atoms with Gasteiger partial charge in [-0.3, -0.25) is 0 Å². The summed E-state index contributed by atoms with van der Waals surface area (Å²) < 4.78 is 5.16. The normalized spacial score (nSPS) is 11.3. The molecular formula is C15H22N4O2. The molecule has 0 aliphatic rings. The van der Waals surface area contributed by atoms with Gasteiger partial charge >= 0.3 is 6.09 Å². The number of amides is 1. The van der Waals surface area contributed by atoms with E-state index in [9.17, 15) is 4.79 Å². The van der Waals surface area contributed by atoms with Crippen molar-refractivity contribution in [3.8, 4) is 0 Å². The van der Waals surface area contributed by atoms with Crippen LogP contribution < -0.4 is 5.32 Å². The van der Waals surface area contributed by atoms with E-state index in [2.05, 4.69) is 22.3 Å². The average Bonchev–Trinajstić information content (AvgIpc) is 2.51. The Labute approximate surface area is 125 Å². The van der Waals surface area contributed by atoms with E-state index in [1.54, 1.807) is 0 Å². The van der Waals surface area contributed by atoms with Crippen LogP contribution in [0, 0.1) is 0 Å². The van der Waals surface area contributed by atoms with E-state index in [4.69, 9.17) is 10.3 Å². The smallest absolute Gasteiger partial charge is 0.407 e. The van der Waals surface area contributed by atoms with Crippen molar-refractivity contribution in [1.29, 1.82) is 0 Å². The number of carbonyl (C=O) groups is 1.